The summed E-state index contributed by atoms with van der Waals surface area (Å²) in [5.74, 6) is 0.595. The minimum absolute atomic E-state index is 0.110. The summed E-state index contributed by atoms with van der Waals surface area (Å²) in [5.41, 5.74) is 2.11. The van der Waals surface area contributed by atoms with Gasteiger partial charge in [-0.1, -0.05) is 12.1 Å². The highest BCUT2D eigenvalue weighted by atomic mass is 32.2. The van der Waals surface area contributed by atoms with Crippen molar-refractivity contribution in [1.82, 2.24) is 9.78 Å². The fraction of sp³-hybridized carbons (Fsp3) is 0.400. The second kappa shape index (κ2) is 5.89. The standard InChI is InChI=1S/C15H18N2O2S/c1-12-15(7-10-19-12)20(18)11-13-3-5-14(6-4-13)17-9-2-8-16-17/h2-6,8-9,12,15H,7,10-11H2,1H3/t12-,15-,20-/m0/s1. The molecule has 0 unspecified atom stereocenters. The van der Waals surface area contributed by atoms with Crippen molar-refractivity contribution in [2.75, 3.05) is 6.61 Å². The van der Waals surface area contributed by atoms with Crippen molar-refractivity contribution in [2.24, 2.45) is 0 Å². The van der Waals surface area contributed by atoms with Gasteiger partial charge >= 0.3 is 0 Å². The smallest absolute Gasteiger partial charge is 0.0691 e. The van der Waals surface area contributed by atoms with Gasteiger partial charge in [-0.15, -0.1) is 0 Å². The van der Waals surface area contributed by atoms with E-state index < -0.39 is 10.8 Å². The highest BCUT2D eigenvalue weighted by molar-refractivity contribution is 7.84. The Morgan fingerprint density at radius 1 is 1.40 bits per heavy atom. The van der Waals surface area contributed by atoms with Crippen molar-refractivity contribution in [3.8, 4) is 5.69 Å². The molecule has 4 nitrogen and oxygen atoms in total. The Labute approximate surface area is 121 Å². The number of nitrogens with zero attached hydrogens (tertiary/aromatic N) is 2. The average Bonchev–Trinajstić information content (AvgIpc) is 3.10. The van der Waals surface area contributed by atoms with Gasteiger partial charge in [0.2, 0.25) is 0 Å². The van der Waals surface area contributed by atoms with Crippen LogP contribution in [0.1, 0.15) is 18.9 Å². The quantitative estimate of drug-likeness (QED) is 0.868. The third kappa shape index (κ3) is 2.83. The number of benzene rings is 1. The first-order chi connectivity index (χ1) is 9.74. The molecule has 0 spiro atoms. The third-order valence-electron chi connectivity index (χ3n) is 3.66. The molecule has 1 saturated heterocycles. The molecular weight excluding hydrogens is 272 g/mol. The van der Waals surface area contributed by atoms with Gasteiger partial charge < -0.3 is 4.74 Å². The van der Waals surface area contributed by atoms with E-state index in [1.165, 1.54) is 0 Å². The first kappa shape index (κ1) is 13.5. The lowest BCUT2D eigenvalue weighted by molar-refractivity contribution is 0.127. The Bertz CT molecular complexity index is 580. The summed E-state index contributed by atoms with van der Waals surface area (Å²) in [6, 6.07) is 9.96. The van der Waals surface area contributed by atoms with E-state index in [1.807, 2.05) is 48.1 Å². The first-order valence-electron chi connectivity index (χ1n) is 6.82. The van der Waals surface area contributed by atoms with Gasteiger partial charge in [0.1, 0.15) is 0 Å². The number of aromatic nitrogens is 2. The van der Waals surface area contributed by atoms with E-state index in [9.17, 15) is 4.21 Å². The van der Waals surface area contributed by atoms with E-state index in [4.69, 9.17) is 4.74 Å². The second-order valence-electron chi connectivity index (χ2n) is 5.05. The summed E-state index contributed by atoms with van der Waals surface area (Å²) < 4.78 is 19.7. The van der Waals surface area contributed by atoms with Gasteiger partial charge in [0.25, 0.3) is 0 Å². The Balaban J connectivity index is 1.68. The molecule has 1 aliphatic heterocycles. The van der Waals surface area contributed by atoms with Crippen molar-refractivity contribution in [1.29, 1.82) is 0 Å². The first-order valence-corrected chi connectivity index (χ1v) is 8.20. The lowest BCUT2D eigenvalue weighted by atomic mass is 10.2. The van der Waals surface area contributed by atoms with Crippen LogP contribution in [0.25, 0.3) is 5.69 Å². The molecule has 2 aromatic rings. The average molecular weight is 290 g/mol. The molecule has 5 heteroatoms. The molecule has 20 heavy (non-hydrogen) atoms. The van der Waals surface area contributed by atoms with Gasteiger partial charge in [0.15, 0.2) is 0 Å². The Kier molecular flexibility index (Phi) is 3.98. The molecule has 1 aromatic heterocycles. The fourth-order valence-electron chi connectivity index (χ4n) is 2.50. The van der Waals surface area contributed by atoms with Gasteiger partial charge in [0, 0.05) is 35.6 Å². The summed E-state index contributed by atoms with van der Waals surface area (Å²) in [6.07, 6.45) is 4.67. The molecule has 1 aliphatic rings. The van der Waals surface area contributed by atoms with E-state index in [2.05, 4.69) is 5.10 Å². The number of hydrogen-bond donors (Lipinski definition) is 0. The number of rotatable bonds is 4. The molecule has 2 heterocycles. The Hall–Kier alpha value is -1.46. The van der Waals surface area contributed by atoms with Crippen molar-refractivity contribution >= 4 is 10.8 Å². The Morgan fingerprint density at radius 3 is 2.80 bits per heavy atom. The van der Waals surface area contributed by atoms with Gasteiger partial charge in [-0.2, -0.15) is 5.10 Å². The molecular formula is C15H18N2O2S. The van der Waals surface area contributed by atoms with Crippen molar-refractivity contribution in [3.05, 3.63) is 48.3 Å². The van der Waals surface area contributed by atoms with E-state index in [0.29, 0.717) is 5.75 Å². The van der Waals surface area contributed by atoms with Crippen LogP contribution in [0.15, 0.2) is 42.7 Å². The SMILES string of the molecule is C[C@@H]1OCC[C@@H]1[S@@](=O)Cc1ccc(-n2cccn2)cc1. The molecule has 1 fully saturated rings. The molecule has 1 aromatic carbocycles. The highest BCUT2D eigenvalue weighted by Crippen LogP contribution is 2.21. The molecule has 3 atom stereocenters. The largest absolute Gasteiger partial charge is 0.377 e. The highest BCUT2D eigenvalue weighted by Gasteiger charge is 2.29. The molecule has 0 aliphatic carbocycles. The van der Waals surface area contributed by atoms with Crippen molar-refractivity contribution in [2.45, 2.75) is 30.5 Å². The number of ether oxygens (including phenoxy) is 1. The minimum Gasteiger partial charge on any atom is -0.377 e. The molecule has 3 rings (SSSR count). The molecule has 0 bridgehead atoms. The maximum absolute atomic E-state index is 12.4. The van der Waals surface area contributed by atoms with Crippen LogP contribution < -0.4 is 0 Å². The van der Waals surface area contributed by atoms with Crippen LogP contribution in [0.2, 0.25) is 0 Å². The van der Waals surface area contributed by atoms with Crippen LogP contribution in [-0.4, -0.2) is 32.0 Å². The molecule has 106 valence electrons. The van der Waals surface area contributed by atoms with Gasteiger partial charge in [0.05, 0.1) is 17.0 Å². The summed E-state index contributed by atoms with van der Waals surface area (Å²) in [5, 5.41) is 4.36. The lowest BCUT2D eigenvalue weighted by Crippen LogP contribution is -2.24. The second-order valence-corrected chi connectivity index (χ2v) is 6.70. The fourth-order valence-corrected chi connectivity index (χ4v) is 4.10. The predicted octanol–water partition coefficient (Wildman–Crippen LogP) is 2.30. The van der Waals surface area contributed by atoms with E-state index in [-0.39, 0.29) is 11.4 Å². The van der Waals surface area contributed by atoms with E-state index in [0.717, 1.165) is 24.3 Å². The van der Waals surface area contributed by atoms with Gasteiger partial charge in [-0.3, -0.25) is 4.21 Å². The summed E-state index contributed by atoms with van der Waals surface area (Å²) in [6.45, 7) is 2.74. The maximum atomic E-state index is 12.4. The summed E-state index contributed by atoms with van der Waals surface area (Å²) >= 11 is 0. The van der Waals surface area contributed by atoms with Crippen LogP contribution in [0.4, 0.5) is 0 Å². The maximum Gasteiger partial charge on any atom is 0.0691 e. The topological polar surface area (TPSA) is 44.1 Å². The Morgan fingerprint density at radius 2 is 2.20 bits per heavy atom. The molecule has 0 radical (unpaired) electrons. The monoisotopic (exact) mass is 290 g/mol. The minimum atomic E-state index is -0.867. The lowest BCUT2D eigenvalue weighted by Gasteiger charge is -2.13. The van der Waals surface area contributed by atoms with Crippen LogP contribution >= 0.6 is 0 Å². The molecule has 0 saturated carbocycles. The van der Waals surface area contributed by atoms with Crippen molar-refractivity contribution in [3.63, 3.8) is 0 Å². The molecule has 0 N–H and O–H groups in total. The van der Waals surface area contributed by atoms with E-state index in [1.54, 1.807) is 6.20 Å². The summed E-state index contributed by atoms with van der Waals surface area (Å²) in [4.78, 5) is 0. The number of hydrogen-bond acceptors (Lipinski definition) is 3. The third-order valence-corrected chi connectivity index (χ3v) is 5.57. The zero-order chi connectivity index (χ0) is 13.9. The van der Waals surface area contributed by atoms with Crippen molar-refractivity contribution < 1.29 is 8.95 Å². The normalized spacial score (nSPS) is 23.9. The van der Waals surface area contributed by atoms with Crippen LogP contribution in [0, 0.1) is 0 Å². The molecule has 0 amide bonds. The van der Waals surface area contributed by atoms with Crippen LogP contribution in [0.3, 0.4) is 0 Å². The zero-order valence-electron chi connectivity index (χ0n) is 11.4. The van der Waals surface area contributed by atoms with E-state index >= 15 is 0 Å². The summed E-state index contributed by atoms with van der Waals surface area (Å²) in [7, 11) is -0.867. The predicted molar refractivity (Wildman–Crippen MR) is 79.2 cm³/mol. The van der Waals surface area contributed by atoms with Crippen LogP contribution in [0.5, 0.6) is 0 Å². The zero-order valence-corrected chi connectivity index (χ0v) is 12.3. The van der Waals surface area contributed by atoms with Gasteiger partial charge in [-0.05, 0) is 37.1 Å². The van der Waals surface area contributed by atoms with Gasteiger partial charge in [-0.25, -0.2) is 4.68 Å². The van der Waals surface area contributed by atoms with Crippen LogP contribution in [-0.2, 0) is 21.3 Å².